The van der Waals surface area contributed by atoms with Crippen molar-refractivity contribution in [3.8, 4) is 11.4 Å². The van der Waals surface area contributed by atoms with E-state index < -0.39 is 0 Å². The average molecular weight is 348 g/mol. The number of carbonyl (C=O) groups is 1. The van der Waals surface area contributed by atoms with E-state index in [1.807, 2.05) is 0 Å². The molecule has 0 spiro atoms. The lowest BCUT2D eigenvalue weighted by Gasteiger charge is -2.09. The van der Waals surface area contributed by atoms with Crippen LogP contribution in [-0.2, 0) is 6.42 Å². The molecule has 6 nitrogen and oxygen atoms in total. The van der Waals surface area contributed by atoms with Crippen LogP contribution in [-0.4, -0.2) is 30.8 Å². The predicted octanol–water partition coefficient (Wildman–Crippen LogP) is 2.07. The molecule has 0 saturated carbocycles. The molecule has 3 heterocycles. The van der Waals surface area contributed by atoms with Gasteiger partial charge in [-0.05, 0) is 28.1 Å². The molecule has 0 amide bonds. The molecular formula is C13H7BrFN5O. The Bertz CT molecular complexity index is 885. The molecule has 0 saturated heterocycles. The highest BCUT2D eigenvalue weighted by atomic mass is 79.9. The van der Waals surface area contributed by atoms with Crippen molar-refractivity contribution < 1.29 is 9.18 Å². The van der Waals surface area contributed by atoms with Crippen LogP contribution < -0.4 is 0 Å². The highest BCUT2D eigenvalue weighted by Crippen LogP contribution is 2.31. The third kappa shape index (κ3) is 1.69. The quantitative estimate of drug-likeness (QED) is 0.494. The van der Waals surface area contributed by atoms with E-state index in [0.717, 1.165) is 5.69 Å². The number of rotatable bonds is 1. The molecule has 1 aromatic carbocycles. The number of fused-ring (bicyclic) bond motifs is 5. The number of halogens is 2. The number of hydrogen-bond donors (Lipinski definition) is 0. The summed E-state index contributed by atoms with van der Waals surface area (Å²) in [6.45, 7) is 0. The molecule has 0 bridgehead atoms. The van der Waals surface area contributed by atoms with Gasteiger partial charge in [-0.25, -0.2) is 14.1 Å². The third-order valence-corrected chi connectivity index (χ3v) is 4.14. The molecule has 4 rings (SSSR count). The molecule has 0 atom stereocenters. The van der Waals surface area contributed by atoms with E-state index in [9.17, 15) is 9.18 Å². The van der Waals surface area contributed by atoms with Crippen LogP contribution in [0.15, 0.2) is 29.1 Å². The van der Waals surface area contributed by atoms with E-state index in [1.54, 1.807) is 21.6 Å². The van der Waals surface area contributed by atoms with Crippen LogP contribution in [0, 0.1) is 5.82 Å². The first-order valence-corrected chi connectivity index (χ1v) is 6.90. The molecule has 0 fully saturated rings. The monoisotopic (exact) mass is 347 g/mol. The van der Waals surface area contributed by atoms with Crippen LogP contribution >= 0.6 is 15.9 Å². The number of carbonyl (C=O) groups excluding carboxylic acids is 1. The molecule has 1 aliphatic heterocycles. The Morgan fingerprint density at radius 2 is 2.14 bits per heavy atom. The lowest BCUT2D eigenvalue weighted by Crippen LogP contribution is -2.04. The van der Waals surface area contributed by atoms with E-state index in [-0.39, 0.29) is 11.5 Å². The van der Waals surface area contributed by atoms with Gasteiger partial charge in [0.1, 0.15) is 22.4 Å². The summed E-state index contributed by atoms with van der Waals surface area (Å²) in [6, 6.07) is 4.37. The van der Waals surface area contributed by atoms with E-state index in [2.05, 4.69) is 31.2 Å². The van der Waals surface area contributed by atoms with Crippen molar-refractivity contribution in [2.45, 2.75) is 6.42 Å². The van der Waals surface area contributed by atoms with Gasteiger partial charge in [0, 0.05) is 12.5 Å². The average Bonchev–Trinajstić information content (AvgIpc) is 3.01. The van der Waals surface area contributed by atoms with E-state index in [1.165, 1.54) is 12.1 Å². The second-order valence-corrected chi connectivity index (χ2v) is 5.36. The largest absolute Gasteiger partial charge is 0.299 e. The summed E-state index contributed by atoms with van der Waals surface area (Å²) in [5.41, 5.74) is 2.98. The summed E-state index contributed by atoms with van der Waals surface area (Å²) in [7, 11) is 0. The second-order valence-electron chi connectivity index (χ2n) is 4.61. The first-order valence-electron chi connectivity index (χ1n) is 6.11. The van der Waals surface area contributed by atoms with Gasteiger partial charge in [0.05, 0.1) is 22.8 Å². The Hall–Kier alpha value is -2.35. The lowest BCUT2D eigenvalue weighted by molar-refractivity contribution is 0.111. The standard InChI is InChI=1S/C13H7BrFN5O/c14-13-12-4-10-8(5-21)17-18-20(10)9-2-1-7(15)3-11(9)19(12)6-16-13/h1-3,5-6H,4H2. The fourth-order valence-corrected chi connectivity index (χ4v) is 2.93. The summed E-state index contributed by atoms with van der Waals surface area (Å²) in [5, 5.41) is 7.89. The van der Waals surface area contributed by atoms with Crippen molar-refractivity contribution in [3.63, 3.8) is 0 Å². The lowest BCUT2D eigenvalue weighted by atomic mass is 10.2. The van der Waals surface area contributed by atoms with Crippen molar-refractivity contribution in [2.24, 2.45) is 0 Å². The van der Waals surface area contributed by atoms with Gasteiger partial charge in [-0.2, -0.15) is 0 Å². The minimum Gasteiger partial charge on any atom is -0.299 e. The third-order valence-electron chi connectivity index (χ3n) is 3.48. The number of aldehydes is 1. The molecule has 21 heavy (non-hydrogen) atoms. The molecule has 1 aliphatic rings. The highest BCUT2D eigenvalue weighted by molar-refractivity contribution is 9.10. The zero-order valence-electron chi connectivity index (χ0n) is 10.5. The zero-order valence-corrected chi connectivity index (χ0v) is 12.1. The molecule has 0 radical (unpaired) electrons. The van der Waals surface area contributed by atoms with E-state index in [4.69, 9.17) is 0 Å². The van der Waals surface area contributed by atoms with Crippen molar-refractivity contribution >= 4 is 22.2 Å². The number of hydrogen-bond acceptors (Lipinski definition) is 4. The number of aromatic nitrogens is 5. The van der Waals surface area contributed by atoms with Gasteiger partial charge in [-0.1, -0.05) is 5.21 Å². The first-order chi connectivity index (χ1) is 10.2. The normalized spacial score (nSPS) is 12.3. The van der Waals surface area contributed by atoms with Gasteiger partial charge < -0.3 is 0 Å². The summed E-state index contributed by atoms with van der Waals surface area (Å²) in [6.07, 6.45) is 2.69. The molecule has 8 heteroatoms. The van der Waals surface area contributed by atoms with Crippen LogP contribution in [0.2, 0.25) is 0 Å². The Morgan fingerprint density at radius 1 is 1.29 bits per heavy atom. The van der Waals surface area contributed by atoms with Crippen LogP contribution in [0.3, 0.4) is 0 Å². The zero-order chi connectivity index (χ0) is 14.6. The van der Waals surface area contributed by atoms with Crippen LogP contribution in [0.5, 0.6) is 0 Å². The van der Waals surface area contributed by atoms with Gasteiger partial charge in [0.25, 0.3) is 0 Å². The Morgan fingerprint density at radius 3 is 2.95 bits per heavy atom. The molecule has 0 unspecified atom stereocenters. The van der Waals surface area contributed by atoms with Crippen LogP contribution in [0.25, 0.3) is 11.4 Å². The molecule has 104 valence electrons. The minimum atomic E-state index is -0.358. The smallest absolute Gasteiger partial charge is 0.172 e. The Labute approximate surface area is 126 Å². The van der Waals surface area contributed by atoms with E-state index >= 15 is 0 Å². The summed E-state index contributed by atoms with van der Waals surface area (Å²) in [5.74, 6) is -0.358. The maximum Gasteiger partial charge on any atom is 0.172 e. The summed E-state index contributed by atoms with van der Waals surface area (Å²) < 4.78 is 17.6. The van der Waals surface area contributed by atoms with Gasteiger partial charge in [-0.15, -0.1) is 5.10 Å². The Kier molecular flexibility index (Phi) is 2.55. The number of benzene rings is 1. The van der Waals surface area contributed by atoms with Crippen molar-refractivity contribution in [3.05, 3.63) is 52.0 Å². The van der Waals surface area contributed by atoms with Gasteiger partial charge in [-0.3, -0.25) is 9.36 Å². The van der Waals surface area contributed by atoms with Crippen LogP contribution in [0.4, 0.5) is 4.39 Å². The number of imidazole rings is 1. The molecule has 0 N–H and O–H groups in total. The highest BCUT2D eigenvalue weighted by Gasteiger charge is 2.25. The fourth-order valence-electron chi connectivity index (χ4n) is 2.51. The maximum absolute atomic E-state index is 13.6. The molecule has 0 aliphatic carbocycles. The van der Waals surface area contributed by atoms with Gasteiger partial charge >= 0.3 is 0 Å². The van der Waals surface area contributed by atoms with Crippen molar-refractivity contribution in [1.82, 2.24) is 24.5 Å². The van der Waals surface area contributed by atoms with Crippen molar-refractivity contribution in [1.29, 1.82) is 0 Å². The number of nitrogens with zero attached hydrogens (tertiary/aromatic N) is 5. The van der Waals surface area contributed by atoms with Crippen LogP contribution in [0.1, 0.15) is 21.9 Å². The second kappa shape index (κ2) is 4.32. The fraction of sp³-hybridized carbons (Fsp3) is 0.0769. The maximum atomic E-state index is 13.6. The topological polar surface area (TPSA) is 65.6 Å². The van der Waals surface area contributed by atoms with E-state index in [0.29, 0.717) is 34.4 Å². The van der Waals surface area contributed by atoms with Gasteiger partial charge in [0.15, 0.2) is 6.29 Å². The molecule has 3 aromatic rings. The van der Waals surface area contributed by atoms with Gasteiger partial charge in [0.2, 0.25) is 0 Å². The first kappa shape index (κ1) is 12.4. The Balaban J connectivity index is 2.13. The molecule has 2 aromatic heterocycles. The molecular weight excluding hydrogens is 341 g/mol. The minimum absolute atomic E-state index is 0.270. The van der Waals surface area contributed by atoms with Crippen molar-refractivity contribution in [2.75, 3.05) is 0 Å². The summed E-state index contributed by atoms with van der Waals surface area (Å²) in [4.78, 5) is 15.3. The summed E-state index contributed by atoms with van der Waals surface area (Å²) >= 11 is 3.38. The predicted molar refractivity (Wildman–Crippen MR) is 74.3 cm³/mol. The SMILES string of the molecule is O=Cc1nnn2c1Cc1c(Br)ncn1-c1cc(F)ccc1-2.